The average molecular weight is 502 g/mol. The van der Waals surface area contributed by atoms with Crippen molar-refractivity contribution in [2.45, 2.75) is 72.0 Å². The number of hydrogen-bond donors (Lipinski definition) is 1. The van der Waals surface area contributed by atoms with Gasteiger partial charge in [-0.2, -0.15) is 0 Å². The van der Waals surface area contributed by atoms with Crippen LogP contribution in [-0.2, 0) is 26.2 Å². The molecule has 0 aromatic heterocycles. The first-order valence-electron chi connectivity index (χ1n) is 12.2. The Bertz CT molecular complexity index is 1090. The Balaban J connectivity index is 2.48. The number of benzene rings is 2. The zero-order valence-corrected chi connectivity index (χ0v) is 22.5. The van der Waals surface area contributed by atoms with Gasteiger partial charge in [0.25, 0.3) is 0 Å². The fourth-order valence-corrected chi connectivity index (χ4v) is 4.81. The molecule has 2 amide bonds. The highest BCUT2D eigenvalue weighted by atomic mass is 32.2. The van der Waals surface area contributed by atoms with E-state index in [1.165, 1.54) is 4.90 Å². The summed E-state index contributed by atoms with van der Waals surface area (Å²) in [5, 5.41) is 2.98. The van der Waals surface area contributed by atoms with Gasteiger partial charge in [-0.3, -0.25) is 13.9 Å². The van der Waals surface area contributed by atoms with E-state index in [9.17, 15) is 18.0 Å². The summed E-state index contributed by atoms with van der Waals surface area (Å²) in [7, 11) is -3.77. The van der Waals surface area contributed by atoms with Crippen LogP contribution in [0.15, 0.2) is 54.6 Å². The largest absolute Gasteiger partial charge is 0.352 e. The summed E-state index contributed by atoms with van der Waals surface area (Å²) in [5.41, 5.74) is 2.18. The molecule has 0 spiro atoms. The smallest absolute Gasteiger partial charge is 0.244 e. The predicted molar refractivity (Wildman–Crippen MR) is 142 cm³/mol. The Morgan fingerprint density at radius 1 is 0.914 bits per heavy atom. The Hall–Kier alpha value is -2.87. The molecule has 2 aromatic carbocycles. The van der Waals surface area contributed by atoms with E-state index in [1.54, 1.807) is 12.1 Å². The molecule has 0 saturated heterocycles. The van der Waals surface area contributed by atoms with Crippen molar-refractivity contribution in [3.05, 3.63) is 65.7 Å². The maximum absolute atomic E-state index is 13.8. The third-order valence-electron chi connectivity index (χ3n) is 6.09. The number of rotatable bonds is 12. The summed E-state index contributed by atoms with van der Waals surface area (Å²) < 4.78 is 26.9. The Morgan fingerprint density at radius 3 is 2.06 bits per heavy atom. The van der Waals surface area contributed by atoms with Crippen LogP contribution in [0.2, 0.25) is 0 Å². The summed E-state index contributed by atoms with van der Waals surface area (Å²) in [6, 6.07) is 15.9. The first-order valence-corrected chi connectivity index (χ1v) is 14.0. The molecule has 0 fully saturated rings. The van der Waals surface area contributed by atoms with Crippen LogP contribution >= 0.6 is 0 Å². The van der Waals surface area contributed by atoms with Crippen LogP contribution in [0, 0.1) is 0 Å². The van der Waals surface area contributed by atoms with Crippen LogP contribution in [0.4, 0.5) is 5.69 Å². The standard InChI is InChI=1S/C27H39N3O4S/c1-7-21(5)28-27(32)24(8-2)29(18-22-14-10-9-11-15-22)26(31)19-30(35(6,33)34)25-17-13-12-16-23(25)20(3)4/h9-17,20-21,24H,7-8,18-19H2,1-6H3,(H,28,32)/t21-,24+/m1/s1. The van der Waals surface area contributed by atoms with Gasteiger partial charge in [0.05, 0.1) is 11.9 Å². The van der Waals surface area contributed by atoms with E-state index < -0.39 is 22.0 Å². The monoisotopic (exact) mass is 501 g/mol. The molecule has 192 valence electrons. The molecular formula is C27H39N3O4S. The van der Waals surface area contributed by atoms with Gasteiger partial charge in [0.15, 0.2) is 0 Å². The maximum atomic E-state index is 13.8. The highest BCUT2D eigenvalue weighted by Crippen LogP contribution is 2.29. The molecule has 0 aliphatic heterocycles. The predicted octanol–water partition coefficient (Wildman–Crippen LogP) is 4.30. The molecule has 1 N–H and O–H groups in total. The van der Waals surface area contributed by atoms with Gasteiger partial charge in [-0.25, -0.2) is 8.42 Å². The first-order chi connectivity index (χ1) is 16.5. The third-order valence-corrected chi connectivity index (χ3v) is 7.22. The SMILES string of the molecule is CC[C@@H](C)NC(=O)[C@H](CC)N(Cc1ccccc1)C(=O)CN(c1ccccc1C(C)C)S(C)(=O)=O. The zero-order chi connectivity index (χ0) is 26.2. The van der Waals surface area contributed by atoms with Gasteiger partial charge in [-0.1, -0.05) is 76.2 Å². The molecule has 0 bridgehead atoms. The third kappa shape index (κ3) is 7.82. The van der Waals surface area contributed by atoms with Gasteiger partial charge in [0.1, 0.15) is 12.6 Å². The number of sulfonamides is 1. The van der Waals surface area contributed by atoms with Crippen LogP contribution in [0.3, 0.4) is 0 Å². The summed E-state index contributed by atoms with van der Waals surface area (Å²) in [6.45, 7) is 9.54. The van der Waals surface area contributed by atoms with Crippen LogP contribution in [0.25, 0.3) is 0 Å². The molecule has 0 saturated carbocycles. The molecule has 2 rings (SSSR count). The molecule has 2 aromatic rings. The van der Waals surface area contributed by atoms with E-state index in [1.807, 2.05) is 77.1 Å². The number of amides is 2. The molecule has 0 aliphatic carbocycles. The fraction of sp³-hybridized carbons (Fsp3) is 0.481. The summed E-state index contributed by atoms with van der Waals surface area (Å²) in [6.07, 6.45) is 2.27. The van der Waals surface area contributed by atoms with Crippen molar-refractivity contribution in [3.63, 3.8) is 0 Å². The van der Waals surface area contributed by atoms with E-state index in [0.29, 0.717) is 12.1 Å². The number of para-hydroxylation sites is 1. The summed E-state index contributed by atoms with van der Waals surface area (Å²) in [4.78, 5) is 28.4. The number of nitrogens with one attached hydrogen (secondary N) is 1. The first kappa shape index (κ1) is 28.4. The molecule has 0 unspecified atom stereocenters. The van der Waals surface area contributed by atoms with Crippen LogP contribution in [-0.4, -0.2) is 50.0 Å². The molecule has 0 heterocycles. The minimum atomic E-state index is -3.77. The van der Waals surface area contributed by atoms with Crippen molar-refractivity contribution in [1.82, 2.24) is 10.2 Å². The van der Waals surface area contributed by atoms with Gasteiger partial charge in [-0.15, -0.1) is 0 Å². The lowest BCUT2D eigenvalue weighted by Crippen LogP contribution is -2.53. The fourth-order valence-electron chi connectivity index (χ4n) is 3.94. The minimum absolute atomic E-state index is 0.0318. The van der Waals surface area contributed by atoms with Gasteiger partial charge >= 0.3 is 0 Å². The number of anilines is 1. The van der Waals surface area contributed by atoms with E-state index in [0.717, 1.165) is 28.1 Å². The van der Waals surface area contributed by atoms with Gasteiger partial charge < -0.3 is 10.2 Å². The lowest BCUT2D eigenvalue weighted by molar-refractivity contribution is -0.140. The van der Waals surface area contributed by atoms with Crippen molar-refractivity contribution >= 4 is 27.5 Å². The van der Waals surface area contributed by atoms with Crippen molar-refractivity contribution < 1.29 is 18.0 Å². The van der Waals surface area contributed by atoms with Gasteiger partial charge in [-0.05, 0) is 42.9 Å². The van der Waals surface area contributed by atoms with E-state index >= 15 is 0 Å². The zero-order valence-electron chi connectivity index (χ0n) is 21.7. The highest BCUT2D eigenvalue weighted by Gasteiger charge is 2.32. The topological polar surface area (TPSA) is 86.8 Å². The van der Waals surface area contributed by atoms with E-state index in [-0.39, 0.29) is 31.0 Å². The second-order valence-corrected chi connectivity index (χ2v) is 11.1. The maximum Gasteiger partial charge on any atom is 0.244 e. The molecule has 2 atom stereocenters. The van der Waals surface area contributed by atoms with Crippen LogP contribution in [0.5, 0.6) is 0 Å². The van der Waals surface area contributed by atoms with Gasteiger partial charge in [0.2, 0.25) is 21.8 Å². The number of hydrogen-bond acceptors (Lipinski definition) is 4. The highest BCUT2D eigenvalue weighted by molar-refractivity contribution is 7.92. The second-order valence-electron chi connectivity index (χ2n) is 9.23. The number of carbonyl (C=O) groups excluding carboxylic acids is 2. The summed E-state index contributed by atoms with van der Waals surface area (Å²) in [5.74, 6) is -0.598. The Kier molecular flexibility index (Phi) is 10.3. The lowest BCUT2D eigenvalue weighted by Gasteiger charge is -2.34. The van der Waals surface area contributed by atoms with Crippen molar-refractivity contribution in [2.24, 2.45) is 0 Å². The Morgan fingerprint density at radius 2 is 1.51 bits per heavy atom. The normalized spacial score (nSPS) is 13.2. The average Bonchev–Trinajstić information content (AvgIpc) is 2.82. The number of carbonyl (C=O) groups is 2. The molecule has 0 aliphatic rings. The molecule has 7 nitrogen and oxygen atoms in total. The van der Waals surface area contributed by atoms with E-state index in [4.69, 9.17) is 0 Å². The van der Waals surface area contributed by atoms with Crippen LogP contribution in [0.1, 0.15) is 64.5 Å². The minimum Gasteiger partial charge on any atom is -0.352 e. The molecule has 35 heavy (non-hydrogen) atoms. The van der Waals surface area contributed by atoms with Crippen molar-refractivity contribution in [3.8, 4) is 0 Å². The molecular weight excluding hydrogens is 462 g/mol. The second kappa shape index (κ2) is 12.7. The van der Waals surface area contributed by atoms with E-state index in [2.05, 4.69) is 5.32 Å². The van der Waals surface area contributed by atoms with Gasteiger partial charge in [0, 0.05) is 12.6 Å². The molecule has 8 heteroatoms. The van der Waals surface area contributed by atoms with Crippen molar-refractivity contribution in [1.29, 1.82) is 0 Å². The van der Waals surface area contributed by atoms with Crippen LogP contribution < -0.4 is 9.62 Å². The lowest BCUT2D eigenvalue weighted by atomic mass is 10.0. The number of nitrogens with zero attached hydrogens (tertiary/aromatic N) is 2. The Labute approximate surface area is 210 Å². The summed E-state index contributed by atoms with van der Waals surface area (Å²) >= 11 is 0. The molecule has 0 radical (unpaired) electrons. The van der Waals surface area contributed by atoms with Crippen molar-refractivity contribution in [2.75, 3.05) is 17.1 Å². The quantitative estimate of drug-likeness (QED) is 0.470.